The van der Waals surface area contributed by atoms with Gasteiger partial charge in [-0.05, 0) is 41.9 Å². The van der Waals surface area contributed by atoms with Crippen molar-refractivity contribution in [1.29, 1.82) is 0 Å². The quantitative estimate of drug-likeness (QED) is 0.910. The third-order valence-electron chi connectivity index (χ3n) is 4.31. The Kier molecular flexibility index (Phi) is 3.52. The van der Waals surface area contributed by atoms with E-state index in [2.05, 4.69) is 20.8 Å². The monoisotopic (exact) mass is 264 g/mol. The van der Waals surface area contributed by atoms with E-state index in [-0.39, 0.29) is 11.3 Å². The van der Waals surface area contributed by atoms with Gasteiger partial charge in [0.2, 0.25) is 0 Å². The molecule has 0 radical (unpaired) electrons. The Labute approximate surface area is 115 Å². The number of ether oxygens (including phenoxy) is 2. The topological polar surface area (TPSA) is 38.7 Å². The fourth-order valence-electron chi connectivity index (χ4n) is 3.47. The lowest BCUT2D eigenvalue weighted by Gasteiger charge is -2.29. The maximum atomic E-state index is 11.1. The van der Waals surface area contributed by atoms with Gasteiger partial charge in [0.05, 0.1) is 19.8 Å². The molecule has 0 aromatic heterocycles. The lowest BCUT2D eigenvalue weighted by Crippen LogP contribution is -2.29. The van der Waals surface area contributed by atoms with E-state index >= 15 is 0 Å². The third-order valence-corrected chi connectivity index (χ3v) is 4.31. The highest BCUT2D eigenvalue weighted by molar-refractivity contribution is 5.45. The number of rotatable bonds is 3. The molecule has 3 heteroatoms. The van der Waals surface area contributed by atoms with E-state index in [1.165, 1.54) is 0 Å². The molecule has 1 aliphatic rings. The molecule has 3 nitrogen and oxygen atoms in total. The molecule has 0 heterocycles. The molecule has 1 aromatic carbocycles. The number of hydrogen-bond acceptors (Lipinski definition) is 3. The standard InChI is InChI=1S/C16H24O3/c1-11-9-15(2,3)10-16(11,17)12-6-7-13(18-4)14(8-12)19-5/h6-8,11,17H,9-10H2,1-5H3. The molecule has 0 aliphatic heterocycles. The number of aliphatic hydroxyl groups is 1. The molecule has 2 atom stereocenters. The van der Waals surface area contributed by atoms with E-state index in [0.29, 0.717) is 11.5 Å². The highest BCUT2D eigenvalue weighted by Crippen LogP contribution is 2.53. The normalized spacial score (nSPS) is 29.3. The summed E-state index contributed by atoms with van der Waals surface area (Å²) in [5.74, 6) is 1.60. The summed E-state index contributed by atoms with van der Waals surface area (Å²) in [5.41, 5.74) is 0.313. The summed E-state index contributed by atoms with van der Waals surface area (Å²) in [5, 5.41) is 11.1. The van der Waals surface area contributed by atoms with Crippen LogP contribution in [0.4, 0.5) is 0 Å². The Hall–Kier alpha value is -1.22. The predicted molar refractivity (Wildman–Crippen MR) is 75.6 cm³/mol. The second kappa shape index (κ2) is 4.71. The number of methoxy groups -OCH3 is 2. The van der Waals surface area contributed by atoms with E-state index in [0.717, 1.165) is 18.4 Å². The van der Waals surface area contributed by atoms with Crippen molar-refractivity contribution in [3.05, 3.63) is 23.8 Å². The first-order valence-corrected chi connectivity index (χ1v) is 6.77. The maximum absolute atomic E-state index is 11.1. The highest BCUT2D eigenvalue weighted by Gasteiger charge is 2.48. The van der Waals surface area contributed by atoms with Crippen LogP contribution in [-0.4, -0.2) is 19.3 Å². The Balaban J connectivity index is 2.41. The van der Waals surface area contributed by atoms with Gasteiger partial charge in [-0.2, -0.15) is 0 Å². The van der Waals surface area contributed by atoms with Crippen molar-refractivity contribution in [2.75, 3.05) is 14.2 Å². The minimum absolute atomic E-state index is 0.168. The van der Waals surface area contributed by atoms with Gasteiger partial charge in [-0.25, -0.2) is 0 Å². The zero-order chi connectivity index (χ0) is 14.3. The van der Waals surface area contributed by atoms with E-state index in [9.17, 15) is 5.11 Å². The van der Waals surface area contributed by atoms with Crippen LogP contribution >= 0.6 is 0 Å². The SMILES string of the molecule is COc1ccc(C2(O)CC(C)(C)CC2C)cc1OC. The van der Waals surface area contributed by atoms with Gasteiger partial charge in [0.15, 0.2) is 11.5 Å². The largest absolute Gasteiger partial charge is 0.493 e. The number of hydrogen-bond donors (Lipinski definition) is 1. The Morgan fingerprint density at radius 3 is 2.26 bits per heavy atom. The smallest absolute Gasteiger partial charge is 0.161 e. The summed E-state index contributed by atoms with van der Waals surface area (Å²) in [6, 6.07) is 5.71. The Bertz CT molecular complexity index is 467. The molecule has 106 valence electrons. The van der Waals surface area contributed by atoms with Gasteiger partial charge >= 0.3 is 0 Å². The molecule has 1 aliphatic carbocycles. The van der Waals surface area contributed by atoms with Crippen molar-refractivity contribution >= 4 is 0 Å². The summed E-state index contributed by atoms with van der Waals surface area (Å²) < 4.78 is 10.6. The van der Waals surface area contributed by atoms with Crippen molar-refractivity contribution in [2.24, 2.45) is 11.3 Å². The summed E-state index contributed by atoms with van der Waals surface area (Å²) in [6.45, 7) is 6.54. The molecule has 1 aromatic rings. The van der Waals surface area contributed by atoms with Crippen LogP contribution in [0.25, 0.3) is 0 Å². The van der Waals surface area contributed by atoms with Crippen LogP contribution in [-0.2, 0) is 5.60 Å². The van der Waals surface area contributed by atoms with Crippen molar-refractivity contribution in [3.63, 3.8) is 0 Å². The molecule has 0 bridgehead atoms. The molecule has 1 N–H and O–H groups in total. The summed E-state index contributed by atoms with van der Waals surface area (Å²) >= 11 is 0. The van der Waals surface area contributed by atoms with E-state index in [4.69, 9.17) is 9.47 Å². The van der Waals surface area contributed by atoms with Gasteiger partial charge < -0.3 is 14.6 Å². The minimum Gasteiger partial charge on any atom is -0.493 e. The second-order valence-corrected chi connectivity index (χ2v) is 6.44. The summed E-state index contributed by atoms with van der Waals surface area (Å²) in [7, 11) is 3.24. The number of benzene rings is 1. The highest BCUT2D eigenvalue weighted by atomic mass is 16.5. The Morgan fingerprint density at radius 2 is 1.79 bits per heavy atom. The van der Waals surface area contributed by atoms with Crippen molar-refractivity contribution in [1.82, 2.24) is 0 Å². The van der Waals surface area contributed by atoms with Crippen LogP contribution in [0.2, 0.25) is 0 Å². The Morgan fingerprint density at radius 1 is 1.16 bits per heavy atom. The molecule has 1 fully saturated rings. The van der Waals surface area contributed by atoms with Crippen molar-refractivity contribution < 1.29 is 14.6 Å². The summed E-state index contributed by atoms with van der Waals surface area (Å²) in [6.07, 6.45) is 1.80. The first kappa shape index (κ1) is 14.2. The second-order valence-electron chi connectivity index (χ2n) is 6.44. The first-order valence-electron chi connectivity index (χ1n) is 6.77. The van der Waals surface area contributed by atoms with Crippen LogP contribution < -0.4 is 9.47 Å². The van der Waals surface area contributed by atoms with Crippen molar-refractivity contribution in [3.8, 4) is 11.5 Å². The van der Waals surface area contributed by atoms with Gasteiger partial charge in [-0.3, -0.25) is 0 Å². The van der Waals surface area contributed by atoms with Crippen molar-refractivity contribution in [2.45, 2.75) is 39.2 Å². The molecule has 2 unspecified atom stereocenters. The lowest BCUT2D eigenvalue weighted by molar-refractivity contribution is -0.00105. The zero-order valence-electron chi connectivity index (χ0n) is 12.5. The molecule has 1 saturated carbocycles. The molecule has 0 spiro atoms. The zero-order valence-corrected chi connectivity index (χ0v) is 12.5. The molecular weight excluding hydrogens is 240 g/mol. The average Bonchev–Trinajstić information content (AvgIpc) is 2.57. The third kappa shape index (κ3) is 2.44. The molecule has 2 rings (SSSR count). The summed E-state index contributed by atoms with van der Waals surface area (Å²) in [4.78, 5) is 0. The van der Waals surface area contributed by atoms with Gasteiger partial charge in [0.25, 0.3) is 0 Å². The first-order chi connectivity index (χ1) is 8.82. The molecule has 19 heavy (non-hydrogen) atoms. The predicted octanol–water partition coefficient (Wildman–Crippen LogP) is 3.35. The van der Waals surface area contributed by atoms with E-state index < -0.39 is 5.60 Å². The van der Waals surface area contributed by atoms with Crippen LogP contribution in [0.5, 0.6) is 11.5 Å². The van der Waals surface area contributed by atoms with Crippen LogP contribution in [0.3, 0.4) is 0 Å². The molecular formula is C16H24O3. The van der Waals surface area contributed by atoms with E-state index in [1.54, 1.807) is 14.2 Å². The van der Waals surface area contributed by atoms with Gasteiger partial charge in [0, 0.05) is 0 Å². The fourth-order valence-corrected chi connectivity index (χ4v) is 3.47. The van der Waals surface area contributed by atoms with Crippen LogP contribution in [0.15, 0.2) is 18.2 Å². The van der Waals surface area contributed by atoms with E-state index in [1.807, 2.05) is 18.2 Å². The fraction of sp³-hybridized carbons (Fsp3) is 0.625. The van der Waals surface area contributed by atoms with Crippen LogP contribution in [0.1, 0.15) is 39.2 Å². The molecule has 0 amide bonds. The van der Waals surface area contributed by atoms with Gasteiger partial charge in [-0.15, -0.1) is 0 Å². The molecule has 0 saturated heterocycles. The lowest BCUT2D eigenvalue weighted by atomic mass is 9.83. The average molecular weight is 264 g/mol. The van der Waals surface area contributed by atoms with Gasteiger partial charge in [-0.1, -0.05) is 26.8 Å². The van der Waals surface area contributed by atoms with Gasteiger partial charge in [0.1, 0.15) is 0 Å². The minimum atomic E-state index is -0.775. The van der Waals surface area contributed by atoms with Crippen LogP contribution in [0, 0.1) is 11.3 Å². The maximum Gasteiger partial charge on any atom is 0.161 e.